The third-order valence-electron chi connectivity index (χ3n) is 5.82. The van der Waals surface area contributed by atoms with Crippen molar-refractivity contribution < 1.29 is 27.3 Å². The van der Waals surface area contributed by atoms with E-state index in [9.17, 15) is 18.0 Å². The zero-order valence-corrected chi connectivity index (χ0v) is 26.0. The summed E-state index contributed by atoms with van der Waals surface area (Å²) in [5.74, 6) is -0.397. The van der Waals surface area contributed by atoms with Crippen molar-refractivity contribution >= 4 is 50.7 Å². The van der Waals surface area contributed by atoms with E-state index in [1.165, 1.54) is 47.5 Å². The van der Waals surface area contributed by atoms with Crippen molar-refractivity contribution in [2.45, 2.75) is 45.7 Å². The summed E-state index contributed by atoms with van der Waals surface area (Å²) in [6, 6.07) is 15.3. The van der Waals surface area contributed by atoms with Gasteiger partial charge < -0.3 is 15.4 Å². The number of anilines is 1. The van der Waals surface area contributed by atoms with Gasteiger partial charge in [0.25, 0.3) is 0 Å². The number of amides is 2. The second-order valence-corrected chi connectivity index (χ2v) is 12.2. The van der Waals surface area contributed by atoms with Crippen molar-refractivity contribution in [1.82, 2.24) is 20.6 Å². The molecule has 224 valence electrons. The van der Waals surface area contributed by atoms with Gasteiger partial charge in [-0.3, -0.25) is 14.1 Å². The molecule has 11 nitrogen and oxygen atoms in total. The quantitative estimate of drug-likeness (QED) is 0.171. The number of aryl methyl sites for hydroxylation is 2. The average molecular weight is 632 g/mol. The van der Waals surface area contributed by atoms with Gasteiger partial charge in [0.05, 0.1) is 29.5 Å². The topological polar surface area (TPSA) is 160 Å². The van der Waals surface area contributed by atoms with E-state index in [0.29, 0.717) is 18.5 Å². The number of nitrogens with one attached hydrogen (secondary N) is 3. The number of ether oxygens (including phenoxy) is 1. The number of benzene rings is 2. The molecule has 2 heterocycles. The maximum Gasteiger partial charge on any atom is 0.407 e. The number of thiazole rings is 2. The summed E-state index contributed by atoms with van der Waals surface area (Å²) < 4.78 is 37.6. The Morgan fingerprint density at radius 3 is 2.19 bits per heavy atom. The van der Waals surface area contributed by atoms with Crippen molar-refractivity contribution in [2.24, 2.45) is 0 Å². The van der Waals surface area contributed by atoms with Crippen molar-refractivity contribution in [3.05, 3.63) is 87.2 Å². The largest absolute Gasteiger partial charge is 0.453 e. The lowest BCUT2D eigenvalue weighted by Crippen LogP contribution is -2.47. The van der Waals surface area contributed by atoms with E-state index in [4.69, 9.17) is 4.55 Å². The smallest absolute Gasteiger partial charge is 0.407 e. The van der Waals surface area contributed by atoms with Crippen LogP contribution in [0.3, 0.4) is 0 Å². The normalized spacial score (nSPS) is 12.3. The maximum atomic E-state index is 13.0. The SMILES string of the molecule is CC[C@H](NC(=O)OC)C(=O)N[C@@H](Cc1ccc(NS(=O)(=O)O)cc1)c1csc(-c2csc(C)n2)n1.Cc1ccccc1. The highest BCUT2D eigenvalue weighted by Gasteiger charge is 2.25. The second-order valence-electron chi connectivity index (χ2n) is 9.12. The van der Waals surface area contributed by atoms with E-state index in [1.807, 2.05) is 40.6 Å². The van der Waals surface area contributed by atoms with E-state index < -0.39 is 34.4 Å². The number of hydrogen-bond donors (Lipinski definition) is 4. The monoisotopic (exact) mass is 631 g/mol. The Bertz CT molecular complexity index is 1560. The van der Waals surface area contributed by atoms with Crippen LogP contribution >= 0.6 is 22.7 Å². The van der Waals surface area contributed by atoms with Gasteiger partial charge in [0.15, 0.2) is 0 Å². The van der Waals surface area contributed by atoms with Crippen molar-refractivity contribution in [2.75, 3.05) is 11.8 Å². The fourth-order valence-corrected chi connectivity index (χ4v) is 5.65. The highest BCUT2D eigenvalue weighted by Crippen LogP contribution is 2.29. The minimum atomic E-state index is -4.38. The molecule has 14 heteroatoms. The zero-order valence-electron chi connectivity index (χ0n) is 23.5. The predicted molar refractivity (Wildman–Crippen MR) is 165 cm³/mol. The molecule has 0 bridgehead atoms. The zero-order chi connectivity index (χ0) is 30.7. The summed E-state index contributed by atoms with van der Waals surface area (Å²) in [5, 5.41) is 10.9. The van der Waals surface area contributed by atoms with Crippen LogP contribution in [0.1, 0.15) is 41.2 Å². The first-order chi connectivity index (χ1) is 20.0. The Morgan fingerprint density at radius 2 is 1.67 bits per heavy atom. The number of rotatable bonds is 10. The van der Waals surface area contributed by atoms with Crippen LogP contribution in [-0.4, -0.2) is 48.1 Å². The van der Waals surface area contributed by atoms with Gasteiger partial charge in [-0.05, 0) is 44.4 Å². The fraction of sp³-hybridized carbons (Fsp3) is 0.286. The first kappa shape index (κ1) is 32.7. The molecule has 42 heavy (non-hydrogen) atoms. The summed E-state index contributed by atoms with van der Waals surface area (Å²) in [4.78, 5) is 33.7. The molecule has 0 unspecified atom stereocenters. The van der Waals surface area contributed by atoms with E-state index in [0.717, 1.165) is 21.3 Å². The van der Waals surface area contributed by atoms with Crippen LogP contribution in [0.2, 0.25) is 0 Å². The molecule has 0 fully saturated rings. The Hall–Kier alpha value is -3.85. The van der Waals surface area contributed by atoms with Crippen LogP contribution < -0.4 is 15.4 Å². The number of methoxy groups -OCH3 is 1. The lowest BCUT2D eigenvalue weighted by molar-refractivity contribution is -0.123. The van der Waals surface area contributed by atoms with Gasteiger partial charge >= 0.3 is 16.4 Å². The molecule has 0 saturated carbocycles. The summed E-state index contributed by atoms with van der Waals surface area (Å²) in [5.41, 5.74) is 3.68. The molecule has 0 aliphatic heterocycles. The first-order valence-electron chi connectivity index (χ1n) is 12.9. The lowest BCUT2D eigenvalue weighted by Gasteiger charge is -2.22. The minimum absolute atomic E-state index is 0.194. The van der Waals surface area contributed by atoms with Crippen molar-refractivity contribution in [3.63, 3.8) is 0 Å². The molecule has 0 aliphatic rings. The van der Waals surface area contributed by atoms with Gasteiger partial charge in [0, 0.05) is 10.8 Å². The van der Waals surface area contributed by atoms with E-state index in [1.54, 1.807) is 19.1 Å². The Morgan fingerprint density at radius 1 is 0.976 bits per heavy atom. The first-order valence-corrected chi connectivity index (χ1v) is 16.1. The van der Waals surface area contributed by atoms with Crippen LogP contribution in [0, 0.1) is 13.8 Å². The van der Waals surface area contributed by atoms with Gasteiger partial charge in [-0.2, -0.15) is 8.42 Å². The molecule has 0 saturated heterocycles. The Kier molecular flexibility index (Phi) is 12.0. The summed E-state index contributed by atoms with van der Waals surface area (Å²) >= 11 is 2.92. The van der Waals surface area contributed by atoms with E-state index in [-0.39, 0.29) is 5.69 Å². The lowest BCUT2D eigenvalue weighted by atomic mass is 10.0. The van der Waals surface area contributed by atoms with Crippen LogP contribution in [0.15, 0.2) is 65.4 Å². The minimum Gasteiger partial charge on any atom is -0.453 e. The molecule has 2 amide bonds. The number of aromatic nitrogens is 2. The molecule has 4 rings (SSSR count). The van der Waals surface area contributed by atoms with Crippen molar-refractivity contribution in [3.8, 4) is 10.7 Å². The fourth-order valence-electron chi connectivity index (χ4n) is 3.71. The Balaban J connectivity index is 0.000000603. The third kappa shape index (κ3) is 10.5. The summed E-state index contributed by atoms with van der Waals surface area (Å²) in [6.07, 6.45) is -0.0177. The maximum absolute atomic E-state index is 13.0. The molecule has 0 aliphatic carbocycles. The number of carbonyl (C=O) groups is 2. The van der Waals surface area contributed by atoms with Gasteiger partial charge in [-0.15, -0.1) is 22.7 Å². The summed E-state index contributed by atoms with van der Waals surface area (Å²) in [7, 11) is -3.16. The molecule has 2 atom stereocenters. The standard InChI is InChI=1S/C21H25N5O6S3.C7H8/c1-4-15(25-21(28)32-3)19(27)23-16(9-13-5-7-14(8-6-13)26-35(29,30)31)17-10-34-20(24-17)18-11-33-12(2)22-18;1-7-5-3-2-4-6-7/h5-8,10-11,15-16,26H,4,9H2,1-3H3,(H,23,27)(H,25,28)(H,29,30,31);2-6H,1H3/t15-,16-;/m0./s1. The molecule has 0 radical (unpaired) electrons. The van der Waals surface area contributed by atoms with Crippen LogP contribution in [0.25, 0.3) is 10.7 Å². The highest BCUT2D eigenvalue weighted by atomic mass is 32.2. The number of alkyl carbamates (subject to hydrolysis) is 1. The molecule has 2 aromatic heterocycles. The number of hydrogen-bond acceptors (Lipinski definition) is 9. The second kappa shape index (κ2) is 15.4. The van der Waals surface area contributed by atoms with Crippen LogP contribution in [-0.2, 0) is 26.3 Å². The average Bonchev–Trinajstić information content (AvgIpc) is 3.61. The number of carbonyl (C=O) groups excluding carboxylic acids is 2. The van der Waals surface area contributed by atoms with Crippen molar-refractivity contribution in [1.29, 1.82) is 0 Å². The predicted octanol–water partition coefficient (Wildman–Crippen LogP) is 5.32. The van der Waals surface area contributed by atoms with E-state index >= 15 is 0 Å². The molecular weight excluding hydrogens is 599 g/mol. The van der Waals surface area contributed by atoms with Crippen LogP contribution in [0.5, 0.6) is 0 Å². The summed E-state index contributed by atoms with van der Waals surface area (Å²) in [6.45, 7) is 5.76. The molecular formula is C28H33N5O6S3. The molecule has 2 aromatic carbocycles. The van der Waals surface area contributed by atoms with Gasteiger partial charge in [0.1, 0.15) is 16.7 Å². The van der Waals surface area contributed by atoms with Crippen LogP contribution in [0.4, 0.5) is 10.5 Å². The molecule has 0 spiro atoms. The Labute approximate surface area is 253 Å². The van der Waals surface area contributed by atoms with Gasteiger partial charge in [0.2, 0.25) is 5.91 Å². The molecule has 4 aromatic rings. The highest BCUT2D eigenvalue weighted by molar-refractivity contribution is 7.87. The molecule has 4 N–H and O–H groups in total. The number of nitrogens with zero attached hydrogens (tertiary/aromatic N) is 2. The van der Waals surface area contributed by atoms with Gasteiger partial charge in [-0.1, -0.05) is 55.0 Å². The third-order valence-corrected chi connectivity index (χ3v) is 7.97. The van der Waals surface area contributed by atoms with E-state index in [2.05, 4.69) is 44.4 Å². The van der Waals surface area contributed by atoms with Gasteiger partial charge in [-0.25, -0.2) is 14.8 Å².